The van der Waals surface area contributed by atoms with Crippen LogP contribution in [0.1, 0.15) is 44.6 Å². The zero-order valence-electron chi connectivity index (χ0n) is 14.8. The number of rotatable bonds is 8. The third-order valence-electron chi connectivity index (χ3n) is 4.73. The number of nitrogens with one attached hydrogen (secondary N) is 1. The smallest absolute Gasteiger partial charge is 0.311 e. The summed E-state index contributed by atoms with van der Waals surface area (Å²) in [5, 5.41) is 14.1. The molecule has 0 unspecified atom stereocenters. The Hall–Kier alpha value is -1.76. The second-order valence-electron chi connectivity index (χ2n) is 6.45. The molecule has 1 aliphatic carbocycles. The highest BCUT2D eigenvalue weighted by molar-refractivity contribution is 7.99. The third-order valence-corrected chi connectivity index (χ3v) is 5.73. The van der Waals surface area contributed by atoms with Crippen molar-refractivity contribution in [2.24, 2.45) is 5.92 Å². The SMILES string of the molecule is CCC1CCC(NC(=O)CSCc2ccc(OC)c([N+](=O)[O-])c2)CC1. The fourth-order valence-corrected chi connectivity index (χ4v) is 4.00. The Bertz CT molecular complexity index is 601. The topological polar surface area (TPSA) is 81.5 Å². The van der Waals surface area contributed by atoms with Crippen LogP contribution in [0.25, 0.3) is 0 Å². The lowest BCUT2D eigenvalue weighted by Gasteiger charge is -2.28. The first-order valence-electron chi connectivity index (χ1n) is 8.71. The van der Waals surface area contributed by atoms with Crippen molar-refractivity contribution in [2.45, 2.75) is 50.8 Å². The van der Waals surface area contributed by atoms with Crippen molar-refractivity contribution >= 4 is 23.4 Å². The van der Waals surface area contributed by atoms with Gasteiger partial charge in [0.1, 0.15) is 0 Å². The molecule has 6 nitrogen and oxygen atoms in total. The van der Waals surface area contributed by atoms with E-state index in [1.807, 2.05) is 0 Å². The Morgan fingerprint density at radius 2 is 2.08 bits per heavy atom. The molecule has 7 heteroatoms. The van der Waals surface area contributed by atoms with Gasteiger partial charge in [0.25, 0.3) is 0 Å². The molecule has 0 saturated heterocycles. The Labute approximate surface area is 152 Å². The van der Waals surface area contributed by atoms with Crippen molar-refractivity contribution in [3.63, 3.8) is 0 Å². The number of ether oxygens (including phenoxy) is 1. The number of nitrogens with zero attached hydrogens (tertiary/aromatic N) is 1. The molecule has 0 bridgehead atoms. The van der Waals surface area contributed by atoms with Crippen LogP contribution in [0.4, 0.5) is 5.69 Å². The van der Waals surface area contributed by atoms with Crippen molar-refractivity contribution in [3.05, 3.63) is 33.9 Å². The standard InChI is InChI=1S/C18H26N2O4S/c1-3-13-4-7-15(8-5-13)19-18(21)12-25-11-14-6-9-17(24-2)16(10-14)20(22)23/h6,9-10,13,15H,3-5,7-8,11-12H2,1-2H3,(H,19,21). The molecule has 2 rings (SSSR count). The highest BCUT2D eigenvalue weighted by Gasteiger charge is 2.21. The van der Waals surface area contributed by atoms with Crippen LogP contribution in [0.2, 0.25) is 0 Å². The summed E-state index contributed by atoms with van der Waals surface area (Å²) in [5.41, 5.74) is 0.770. The third kappa shape index (κ3) is 5.92. The summed E-state index contributed by atoms with van der Waals surface area (Å²) in [7, 11) is 1.41. The first-order chi connectivity index (χ1) is 12.0. The fourth-order valence-electron chi connectivity index (χ4n) is 3.21. The van der Waals surface area contributed by atoms with Gasteiger partial charge >= 0.3 is 5.69 Å². The molecule has 1 aromatic carbocycles. The minimum Gasteiger partial charge on any atom is -0.490 e. The van der Waals surface area contributed by atoms with Crippen molar-refractivity contribution in [1.29, 1.82) is 0 Å². The number of benzene rings is 1. The molecule has 1 saturated carbocycles. The van der Waals surface area contributed by atoms with Gasteiger partial charge in [0.05, 0.1) is 17.8 Å². The van der Waals surface area contributed by atoms with E-state index in [-0.39, 0.29) is 17.3 Å². The second kappa shape index (κ2) is 9.65. The number of thioether (sulfide) groups is 1. The number of hydrogen-bond acceptors (Lipinski definition) is 5. The number of amides is 1. The van der Waals surface area contributed by atoms with Gasteiger partial charge in [-0.05, 0) is 43.2 Å². The summed E-state index contributed by atoms with van der Waals surface area (Å²) >= 11 is 1.47. The van der Waals surface area contributed by atoms with E-state index in [1.165, 1.54) is 44.2 Å². The minimum atomic E-state index is -0.452. The summed E-state index contributed by atoms with van der Waals surface area (Å²) in [6, 6.07) is 5.21. The summed E-state index contributed by atoms with van der Waals surface area (Å²) in [5.74, 6) is 2.04. The van der Waals surface area contributed by atoms with Crippen molar-refractivity contribution in [1.82, 2.24) is 5.32 Å². The van der Waals surface area contributed by atoms with E-state index >= 15 is 0 Å². The quantitative estimate of drug-likeness (QED) is 0.557. The highest BCUT2D eigenvalue weighted by atomic mass is 32.2. The van der Waals surface area contributed by atoms with Crippen LogP contribution in [0.3, 0.4) is 0 Å². The lowest BCUT2D eigenvalue weighted by atomic mass is 9.84. The maximum absolute atomic E-state index is 12.1. The van der Waals surface area contributed by atoms with E-state index in [2.05, 4.69) is 12.2 Å². The van der Waals surface area contributed by atoms with Crippen LogP contribution in [-0.4, -0.2) is 29.7 Å². The zero-order chi connectivity index (χ0) is 18.2. The Morgan fingerprint density at radius 3 is 2.68 bits per heavy atom. The molecule has 0 aromatic heterocycles. The molecule has 0 spiro atoms. The molecule has 1 aliphatic rings. The van der Waals surface area contributed by atoms with Gasteiger partial charge in [-0.25, -0.2) is 0 Å². The molecular formula is C18H26N2O4S. The zero-order valence-corrected chi connectivity index (χ0v) is 15.6. The molecule has 0 radical (unpaired) electrons. The van der Waals surface area contributed by atoms with Crippen LogP contribution >= 0.6 is 11.8 Å². The van der Waals surface area contributed by atoms with Crippen LogP contribution in [0.15, 0.2) is 18.2 Å². The Morgan fingerprint density at radius 1 is 1.36 bits per heavy atom. The maximum Gasteiger partial charge on any atom is 0.311 e. The van der Waals surface area contributed by atoms with Gasteiger partial charge in [0, 0.05) is 17.9 Å². The van der Waals surface area contributed by atoms with Crippen LogP contribution < -0.4 is 10.1 Å². The van der Waals surface area contributed by atoms with Crippen molar-refractivity contribution in [3.8, 4) is 5.75 Å². The van der Waals surface area contributed by atoms with Crippen LogP contribution in [-0.2, 0) is 10.5 Å². The molecule has 1 fully saturated rings. The van der Waals surface area contributed by atoms with Crippen LogP contribution in [0.5, 0.6) is 5.75 Å². The normalized spacial score (nSPS) is 20.1. The molecule has 1 amide bonds. The average molecular weight is 366 g/mol. The lowest BCUT2D eigenvalue weighted by molar-refractivity contribution is -0.385. The van der Waals surface area contributed by atoms with Gasteiger partial charge in [-0.3, -0.25) is 14.9 Å². The summed E-state index contributed by atoms with van der Waals surface area (Å²) in [6.45, 7) is 2.23. The molecule has 1 aromatic rings. The first-order valence-corrected chi connectivity index (χ1v) is 9.87. The predicted octanol–water partition coefficient (Wildman–Crippen LogP) is 3.92. The van der Waals surface area contributed by atoms with Gasteiger partial charge in [-0.2, -0.15) is 0 Å². The number of carbonyl (C=O) groups excluding carboxylic acids is 1. The average Bonchev–Trinajstić information content (AvgIpc) is 2.62. The second-order valence-corrected chi connectivity index (χ2v) is 7.44. The fraction of sp³-hybridized carbons (Fsp3) is 0.611. The van der Waals surface area contributed by atoms with Crippen LogP contribution in [0, 0.1) is 16.0 Å². The number of hydrogen-bond donors (Lipinski definition) is 1. The van der Waals surface area contributed by atoms with E-state index in [1.54, 1.807) is 12.1 Å². The highest BCUT2D eigenvalue weighted by Crippen LogP contribution is 2.29. The minimum absolute atomic E-state index is 0.0438. The van der Waals surface area contributed by atoms with Gasteiger partial charge in [0.15, 0.2) is 5.75 Å². The molecule has 0 atom stereocenters. The number of nitro benzene ring substituents is 1. The maximum atomic E-state index is 12.1. The van der Waals surface area contributed by atoms with Gasteiger partial charge in [-0.1, -0.05) is 19.4 Å². The van der Waals surface area contributed by atoms with E-state index in [0.29, 0.717) is 17.5 Å². The van der Waals surface area contributed by atoms with Gasteiger partial charge in [-0.15, -0.1) is 11.8 Å². The summed E-state index contributed by atoms with van der Waals surface area (Å²) in [6.07, 6.45) is 5.76. The molecule has 1 N–H and O–H groups in total. The largest absolute Gasteiger partial charge is 0.490 e. The summed E-state index contributed by atoms with van der Waals surface area (Å²) in [4.78, 5) is 22.7. The first kappa shape index (κ1) is 19.6. The van der Waals surface area contributed by atoms with Gasteiger partial charge < -0.3 is 10.1 Å². The molecule has 0 aliphatic heterocycles. The monoisotopic (exact) mass is 366 g/mol. The van der Waals surface area contributed by atoms with E-state index in [4.69, 9.17) is 4.74 Å². The van der Waals surface area contributed by atoms with Gasteiger partial charge in [0.2, 0.25) is 5.91 Å². The predicted molar refractivity (Wildman–Crippen MR) is 100.0 cm³/mol. The molecular weight excluding hydrogens is 340 g/mol. The number of nitro groups is 1. The summed E-state index contributed by atoms with van der Waals surface area (Å²) < 4.78 is 4.99. The van der Waals surface area contributed by atoms with E-state index in [9.17, 15) is 14.9 Å². The molecule has 138 valence electrons. The number of methoxy groups -OCH3 is 1. The van der Waals surface area contributed by atoms with E-state index in [0.717, 1.165) is 24.3 Å². The lowest BCUT2D eigenvalue weighted by Crippen LogP contribution is -2.38. The Kier molecular flexibility index (Phi) is 7.55. The Balaban J connectivity index is 1.76. The van der Waals surface area contributed by atoms with Crippen molar-refractivity contribution < 1.29 is 14.5 Å². The number of carbonyl (C=O) groups is 1. The van der Waals surface area contributed by atoms with Crippen molar-refractivity contribution in [2.75, 3.05) is 12.9 Å². The molecule has 0 heterocycles. The molecule has 25 heavy (non-hydrogen) atoms. The van der Waals surface area contributed by atoms with E-state index < -0.39 is 4.92 Å².